The number of aromatic nitrogens is 5. The van der Waals surface area contributed by atoms with Crippen molar-refractivity contribution in [3.63, 3.8) is 0 Å². The number of fused-ring (bicyclic) bond motifs is 1. The van der Waals surface area contributed by atoms with Gasteiger partial charge in [0.1, 0.15) is 17.5 Å². The van der Waals surface area contributed by atoms with Crippen LogP contribution in [0.4, 0.5) is 19.1 Å². The summed E-state index contributed by atoms with van der Waals surface area (Å²) in [7, 11) is 0. The van der Waals surface area contributed by atoms with E-state index in [9.17, 15) is 13.2 Å². The van der Waals surface area contributed by atoms with Gasteiger partial charge in [-0.15, -0.1) is 10.2 Å². The monoisotopic (exact) mass is 512 g/mol. The van der Waals surface area contributed by atoms with Crippen molar-refractivity contribution in [3.05, 3.63) is 39.9 Å². The maximum atomic E-state index is 14.1. The zero-order valence-corrected chi connectivity index (χ0v) is 18.4. The van der Waals surface area contributed by atoms with Crippen LogP contribution in [0.15, 0.2) is 22.8 Å². The highest BCUT2D eigenvalue weighted by Gasteiger charge is 2.43. The molecule has 0 unspecified atom stereocenters. The van der Waals surface area contributed by atoms with Gasteiger partial charge in [0.25, 0.3) is 0 Å². The summed E-state index contributed by atoms with van der Waals surface area (Å²) >= 11 is 3.45. The summed E-state index contributed by atoms with van der Waals surface area (Å²) in [6, 6.07) is 3.70. The van der Waals surface area contributed by atoms with Crippen molar-refractivity contribution in [1.82, 2.24) is 24.6 Å². The van der Waals surface area contributed by atoms with Crippen LogP contribution in [-0.4, -0.2) is 43.9 Å². The first kappa shape index (κ1) is 21.4. The second-order valence-corrected chi connectivity index (χ2v) is 9.03. The number of pyridine rings is 1. The standard InChI is InChI=1S/C20H20BrF3N6O2/c21-12-4-5-14-28-29-17(30(14)7-12)11-3-1-2-10(6-11)16-15(20(22,23)24)18(27-19(25)26-16)32-13-8-31-9-13/h4-5,7,10-11,13H,1-3,6,8-9H2,(H2,25,26,27)/t10-,11+/m1/s1. The highest BCUT2D eigenvalue weighted by atomic mass is 79.9. The minimum absolute atomic E-state index is 0.0697. The summed E-state index contributed by atoms with van der Waals surface area (Å²) in [5.74, 6) is -0.561. The highest BCUT2D eigenvalue weighted by molar-refractivity contribution is 9.10. The maximum absolute atomic E-state index is 14.1. The van der Waals surface area contributed by atoms with Crippen molar-refractivity contribution >= 4 is 27.5 Å². The van der Waals surface area contributed by atoms with Gasteiger partial charge in [-0.2, -0.15) is 18.2 Å². The van der Waals surface area contributed by atoms with Crippen LogP contribution in [0.2, 0.25) is 0 Å². The molecule has 2 N–H and O–H groups in total. The minimum Gasteiger partial charge on any atom is -0.469 e. The van der Waals surface area contributed by atoms with Crippen molar-refractivity contribution in [3.8, 4) is 5.88 Å². The molecule has 2 fully saturated rings. The molecular formula is C20H20BrF3N6O2. The molecule has 0 aromatic carbocycles. The number of halogens is 4. The lowest BCUT2D eigenvalue weighted by molar-refractivity contribution is -0.143. The SMILES string of the molecule is Nc1nc(OC2COC2)c(C(F)(F)F)c([C@@H]2CCC[C@H](c3nnc4ccc(Br)cn34)C2)n1. The van der Waals surface area contributed by atoms with E-state index < -0.39 is 29.6 Å². The Hall–Kier alpha value is -2.47. The quantitative estimate of drug-likeness (QED) is 0.561. The number of nitrogen functional groups attached to an aromatic ring is 1. The van der Waals surface area contributed by atoms with E-state index in [0.717, 1.165) is 23.1 Å². The Morgan fingerprint density at radius 3 is 2.62 bits per heavy atom. The number of anilines is 1. The Kier molecular flexibility index (Phi) is 5.44. The Labute approximate surface area is 189 Å². The van der Waals surface area contributed by atoms with Crippen molar-refractivity contribution in [1.29, 1.82) is 0 Å². The van der Waals surface area contributed by atoms with E-state index in [-0.39, 0.29) is 30.8 Å². The molecule has 3 aromatic heterocycles. The molecule has 0 amide bonds. The Bertz CT molecular complexity index is 1150. The molecule has 8 nitrogen and oxygen atoms in total. The number of nitrogens with zero attached hydrogens (tertiary/aromatic N) is 5. The molecule has 1 saturated heterocycles. The third-order valence-electron chi connectivity index (χ3n) is 5.91. The van der Waals surface area contributed by atoms with Crippen LogP contribution >= 0.6 is 15.9 Å². The van der Waals surface area contributed by atoms with Gasteiger partial charge < -0.3 is 15.2 Å². The van der Waals surface area contributed by atoms with Gasteiger partial charge in [-0.3, -0.25) is 4.40 Å². The first-order chi connectivity index (χ1) is 15.3. The van der Waals surface area contributed by atoms with Crippen LogP contribution in [0.1, 0.15) is 54.6 Å². The van der Waals surface area contributed by atoms with E-state index in [1.165, 1.54) is 0 Å². The molecule has 0 bridgehead atoms. The molecule has 32 heavy (non-hydrogen) atoms. The van der Waals surface area contributed by atoms with Crippen LogP contribution in [-0.2, 0) is 10.9 Å². The zero-order valence-electron chi connectivity index (χ0n) is 16.8. The predicted octanol–water partition coefficient (Wildman–Crippen LogP) is 4.10. The third kappa shape index (κ3) is 4.01. The van der Waals surface area contributed by atoms with E-state index in [1.807, 2.05) is 22.7 Å². The molecule has 12 heteroatoms. The average molecular weight is 513 g/mol. The van der Waals surface area contributed by atoms with Gasteiger partial charge in [-0.05, 0) is 47.3 Å². The van der Waals surface area contributed by atoms with E-state index in [0.29, 0.717) is 18.5 Å². The maximum Gasteiger partial charge on any atom is 0.423 e. The van der Waals surface area contributed by atoms with Gasteiger partial charge in [0.05, 0.1) is 18.9 Å². The fourth-order valence-corrected chi connectivity index (χ4v) is 4.73. The van der Waals surface area contributed by atoms with Crippen LogP contribution < -0.4 is 10.5 Å². The summed E-state index contributed by atoms with van der Waals surface area (Å²) in [6.07, 6.45) is -0.757. The number of nitrogens with two attached hydrogens (primary N) is 1. The summed E-state index contributed by atoms with van der Waals surface area (Å²) in [6.45, 7) is 0.440. The van der Waals surface area contributed by atoms with E-state index >= 15 is 0 Å². The number of alkyl halides is 3. The Balaban J connectivity index is 1.51. The Morgan fingerprint density at radius 1 is 1.12 bits per heavy atom. The molecular weight excluding hydrogens is 493 g/mol. The van der Waals surface area contributed by atoms with Gasteiger partial charge in [0, 0.05) is 22.5 Å². The molecule has 4 heterocycles. The third-order valence-corrected chi connectivity index (χ3v) is 6.38. The fraction of sp³-hybridized carbons (Fsp3) is 0.500. The normalized spacial score (nSPS) is 22.1. The molecule has 0 spiro atoms. The summed E-state index contributed by atoms with van der Waals surface area (Å²) in [5.41, 5.74) is 5.43. The van der Waals surface area contributed by atoms with E-state index in [1.54, 1.807) is 0 Å². The van der Waals surface area contributed by atoms with Gasteiger partial charge in [-0.1, -0.05) is 6.42 Å². The van der Waals surface area contributed by atoms with Gasteiger partial charge in [-0.25, -0.2) is 4.98 Å². The number of hydrogen-bond acceptors (Lipinski definition) is 7. The molecule has 5 rings (SSSR count). The molecule has 1 saturated carbocycles. The molecule has 2 aliphatic rings. The van der Waals surface area contributed by atoms with E-state index in [4.69, 9.17) is 15.2 Å². The largest absolute Gasteiger partial charge is 0.469 e. The lowest BCUT2D eigenvalue weighted by Crippen LogP contribution is -2.39. The Morgan fingerprint density at radius 2 is 1.91 bits per heavy atom. The molecule has 0 radical (unpaired) electrons. The van der Waals surface area contributed by atoms with Crippen LogP contribution in [0.25, 0.3) is 5.65 Å². The second kappa shape index (κ2) is 8.14. The van der Waals surface area contributed by atoms with Gasteiger partial charge in [0.15, 0.2) is 5.65 Å². The average Bonchev–Trinajstić information content (AvgIpc) is 3.12. The van der Waals surface area contributed by atoms with Crippen LogP contribution in [0, 0.1) is 0 Å². The van der Waals surface area contributed by atoms with Crippen molar-refractivity contribution < 1.29 is 22.6 Å². The summed E-state index contributed by atoms with van der Waals surface area (Å²) in [4.78, 5) is 7.83. The lowest BCUT2D eigenvalue weighted by Gasteiger charge is -2.31. The molecule has 1 aliphatic heterocycles. The van der Waals surface area contributed by atoms with Gasteiger partial charge in [0.2, 0.25) is 11.8 Å². The molecule has 170 valence electrons. The first-order valence-corrected chi connectivity index (χ1v) is 11.1. The molecule has 2 atom stereocenters. The summed E-state index contributed by atoms with van der Waals surface area (Å²) in [5, 5.41) is 8.53. The van der Waals surface area contributed by atoms with Crippen molar-refractivity contribution in [2.45, 2.75) is 49.8 Å². The van der Waals surface area contributed by atoms with Crippen LogP contribution in [0.3, 0.4) is 0 Å². The van der Waals surface area contributed by atoms with Crippen LogP contribution in [0.5, 0.6) is 5.88 Å². The smallest absolute Gasteiger partial charge is 0.423 e. The molecule has 1 aliphatic carbocycles. The second-order valence-electron chi connectivity index (χ2n) is 8.12. The zero-order chi connectivity index (χ0) is 22.5. The van der Waals surface area contributed by atoms with Crippen molar-refractivity contribution in [2.24, 2.45) is 0 Å². The highest BCUT2D eigenvalue weighted by Crippen LogP contribution is 2.47. The topological polar surface area (TPSA) is 100 Å². The first-order valence-electron chi connectivity index (χ1n) is 10.3. The summed E-state index contributed by atoms with van der Waals surface area (Å²) < 4.78 is 55.6. The molecule has 3 aromatic rings. The van der Waals surface area contributed by atoms with E-state index in [2.05, 4.69) is 36.1 Å². The lowest BCUT2D eigenvalue weighted by atomic mass is 9.78. The van der Waals surface area contributed by atoms with Crippen molar-refractivity contribution in [2.75, 3.05) is 18.9 Å². The number of ether oxygens (including phenoxy) is 2. The predicted molar refractivity (Wildman–Crippen MR) is 111 cm³/mol. The number of rotatable bonds is 4. The fourth-order valence-electron chi connectivity index (χ4n) is 4.39. The minimum atomic E-state index is -4.68. The van der Waals surface area contributed by atoms with Gasteiger partial charge >= 0.3 is 6.18 Å². The number of hydrogen-bond donors (Lipinski definition) is 1.